The standard InChI is InChI=1S/C22H31N3O7S/c1-14(2)11-24(16-8-9-33(29,30)13-16)19(26)12-25-20(27)22(3,23-21(25)28)15-6-7-17(31-4)18(10-15)32-5/h6-7,10,14,16H,8-9,11-13H2,1-5H3,(H,23,28)/t16-,22+/m0/s1. The molecule has 2 fully saturated rings. The molecule has 2 saturated heterocycles. The van der Waals surface area contributed by atoms with E-state index < -0.39 is 45.8 Å². The van der Waals surface area contributed by atoms with E-state index in [-0.39, 0.29) is 17.4 Å². The first-order valence-electron chi connectivity index (χ1n) is 10.8. The van der Waals surface area contributed by atoms with Gasteiger partial charge in [-0.25, -0.2) is 13.2 Å². The van der Waals surface area contributed by atoms with Gasteiger partial charge in [0.15, 0.2) is 21.3 Å². The molecule has 1 aromatic rings. The number of rotatable bonds is 8. The molecule has 1 aromatic carbocycles. The second-order valence-corrected chi connectivity index (χ2v) is 11.2. The Hall–Kier alpha value is -2.82. The Kier molecular flexibility index (Phi) is 6.92. The average molecular weight is 482 g/mol. The summed E-state index contributed by atoms with van der Waals surface area (Å²) in [5.74, 6) is -0.127. The molecule has 11 heteroatoms. The van der Waals surface area contributed by atoms with Crippen molar-refractivity contribution in [3.05, 3.63) is 23.8 Å². The number of nitrogens with zero attached hydrogens (tertiary/aromatic N) is 2. The van der Waals surface area contributed by atoms with Gasteiger partial charge in [0, 0.05) is 12.6 Å². The molecule has 2 heterocycles. The number of carbonyl (C=O) groups excluding carboxylic acids is 3. The Morgan fingerprint density at radius 2 is 1.91 bits per heavy atom. The number of sulfone groups is 1. The molecule has 2 aliphatic heterocycles. The monoisotopic (exact) mass is 481 g/mol. The van der Waals surface area contributed by atoms with Gasteiger partial charge in [0.05, 0.1) is 25.7 Å². The number of hydrogen-bond acceptors (Lipinski definition) is 7. The summed E-state index contributed by atoms with van der Waals surface area (Å²) in [6.07, 6.45) is 0.351. The van der Waals surface area contributed by atoms with Gasteiger partial charge in [-0.2, -0.15) is 0 Å². The zero-order valence-corrected chi connectivity index (χ0v) is 20.4. The topological polar surface area (TPSA) is 122 Å². The molecule has 3 rings (SSSR count). The van der Waals surface area contributed by atoms with Crippen LogP contribution in [0.2, 0.25) is 0 Å². The third-order valence-corrected chi connectivity index (χ3v) is 7.81. The van der Waals surface area contributed by atoms with Crippen molar-refractivity contribution in [2.24, 2.45) is 5.92 Å². The number of imide groups is 1. The molecule has 182 valence electrons. The zero-order chi connectivity index (χ0) is 24.6. The van der Waals surface area contributed by atoms with Gasteiger partial charge in [0.2, 0.25) is 5.91 Å². The lowest BCUT2D eigenvalue weighted by molar-refractivity contribution is -0.140. The number of amides is 4. The van der Waals surface area contributed by atoms with Gasteiger partial charge < -0.3 is 19.7 Å². The largest absolute Gasteiger partial charge is 0.493 e. The molecule has 0 aliphatic carbocycles. The lowest BCUT2D eigenvalue weighted by atomic mass is 9.91. The fraction of sp³-hybridized carbons (Fsp3) is 0.591. The van der Waals surface area contributed by atoms with E-state index in [4.69, 9.17) is 9.47 Å². The van der Waals surface area contributed by atoms with Crippen LogP contribution in [0.4, 0.5) is 4.79 Å². The molecule has 1 N–H and O–H groups in total. The molecule has 4 amide bonds. The summed E-state index contributed by atoms with van der Waals surface area (Å²) in [4.78, 5) is 41.6. The zero-order valence-electron chi connectivity index (χ0n) is 19.6. The molecule has 0 aromatic heterocycles. The molecular weight excluding hydrogens is 450 g/mol. The van der Waals surface area contributed by atoms with Crippen LogP contribution in [-0.2, 0) is 25.0 Å². The molecule has 0 spiro atoms. The maximum Gasteiger partial charge on any atom is 0.325 e. The van der Waals surface area contributed by atoms with Crippen LogP contribution < -0.4 is 14.8 Å². The molecule has 0 bridgehead atoms. The summed E-state index contributed by atoms with van der Waals surface area (Å²) in [6, 6.07) is 3.75. The number of carbonyl (C=O) groups is 3. The minimum absolute atomic E-state index is 0.0278. The maximum absolute atomic E-state index is 13.3. The van der Waals surface area contributed by atoms with Gasteiger partial charge in [-0.3, -0.25) is 14.5 Å². The van der Waals surface area contributed by atoms with Crippen LogP contribution in [0, 0.1) is 5.92 Å². The van der Waals surface area contributed by atoms with Crippen molar-refractivity contribution >= 4 is 27.7 Å². The number of benzene rings is 1. The Bertz CT molecular complexity index is 1060. The highest BCUT2D eigenvalue weighted by Crippen LogP contribution is 2.35. The van der Waals surface area contributed by atoms with Crippen LogP contribution >= 0.6 is 0 Å². The van der Waals surface area contributed by atoms with Crippen LogP contribution in [0.5, 0.6) is 11.5 Å². The van der Waals surface area contributed by atoms with Crippen LogP contribution in [0.3, 0.4) is 0 Å². The summed E-state index contributed by atoms with van der Waals surface area (Å²) in [5.41, 5.74) is -0.911. The Morgan fingerprint density at radius 1 is 1.24 bits per heavy atom. The van der Waals surface area contributed by atoms with E-state index in [1.54, 1.807) is 25.1 Å². The SMILES string of the molecule is COc1ccc([C@@]2(C)NC(=O)N(CC(=O)N(CC(C)C)[C@H]3CCS(=O)(=O)C3)C2=O)cc1OC. The number of methoxy groups -OCH3 is 2. The fourth-order valence-electron chi connectivity index (χ4n) is 4.28. The molecule has 0 unspecified atom stereocenters. The van der Waals surface area contributed by atoms with Gasteiger partial charge in [-0.1, -0.05) is 19.9 Å². The molecule has 0 saturated carbocycles. The van der Waals surface area contributed by atoms with Gasteiger partial charge in [0.1, 0.15) is 12.1 Å². The third kappa shape index (κ3) is 4.92. The normalized spacial score (nSPS) is 24.2. The first kappa shape index (κ1) is 24.8. The summed E-state index contributed by atoms with van der Waals surface area (Å²) in [5, 5.41) is 2.68. The van der Waals surface area contributed by atoms with E-state index in [1.807, 2.05) is 13.8 Å². The number of hydrogen-bond donors (Lipinski definition) is 1. The minimum atomic E-state index is -3.20. The smallest absolute Gasteiger partial charge is 0.325 e. The third-order valence-electron chi connectivity index (χ3n) is 6.06. The van der Waals surface area contributed by atoms with E-state index in [9.17, 15) is 22.8 Å². The fourth-order valence-corrected chi connectivity index (χ4v) is 6.01. The quantitative estimate of drug-likeness (QED) is 0.553. The number of urea groups is 1. The second-order valence-electron chi connectivity index (χ2n) is 9.01. The van der Waals surface area contributed by atoms with Gasteiger partial charge in [0.25, 0.3) is 5.91 Å². The highest BCUT2D eigenvalue weighted by Gasteiger charge is 2.50. The van der Waals surface area contributed by atoms with E-state index in [1.165, 1.54) is 19.1 Å². The Balaban J connectivity index is 1.83. The summed E-state index contributed by atoms with van der Waals surface area (Å²) in [6.45, 7) is 5.29. The molecule has 10 nitrogen and oxygen atoms in total. The summed E-state index contributed by atoms with van der Waals surface area (Å²) >= 11 is 0. The first-order chi connectivity index (χ1) is 15.4. The van der Waals surface area contributed by atoms with Crippen molar-refractivity contribution in [1.29, 1.82) is 0 Å². The van der Waals surface area contributed by atoms with Gasteiger partial charge in [-0.15, -0.1) is 0 Å². The van der Waals surface area contributed by atoms with Gasteiger partial charge in [-0.05, 0) is 37.0 Å². The Morgan fingerprint density at radius 3 is 2.45 bits per heavy atom. The molecule has 33 heavy (non-hydrogen) atoms. The van der Waals surface area contributed by atoms with Crippen molar-refractivity contribution in [2.75, 3.05) is 38.8 Å². The summed E-state index contributed by atoms with van der Waals surface area (Å²) < 4.78 is 34.4. The van der Waals surface area contributed by atoms with E-state index >= 15 is 0 Å². The van der Waals surface area contributed by atoms with Gasteiger partial charge >= 0.3 is 6.03 Å². The predicted octanol–water partition coefficient (Wildman–Crippen LogP) is 1.14. The Labute approximate surface area is 194 Å². The lowest BCUT2D eigenvalue weighted by Gasteiger charge is -2.31. The molecule has 2 aliphatic rings. The van der Waals surface area contributed by atoms with E-state index in [0.717, 1.165) is 4.90 Å². The van der Waals surface area contributed by atoms with E-state index in [2.05, 4.69) is 5.32 Å². The lowest BCUT2D eigenvalue weighted by Crippen LogP contribution is -2.49. The van der Waals surface area contributed by atoms with Crippen molar-refractivity contribution in [1.82, 2.24) is 15.1 Å². The van der Waals surface area contributed by atoms with Crippen molar-refractivity contribution in [3.63, 3.8) is 0 Å². The van der Waals surface area contributed by atoms with Crippen LogP contribution in [0.15, 0.2) is 18.2 Å². The second kappa shape index (κ2) is 9.20. The van der Waals surface area contributed by atoms with Crippen molar-refractivity contribution < 1.29 is 32.3 Å². The molecule has 2 atom stereocenters. The van der Waals surface area contributed by atoms with Crippen LogP contribution in [0.1, 0.15) is 32.8 Å². The highest BCUT2D eigenvalue weighted by atomic mass is 32.2. The average Bonchev–Trinajstić information content (AvgIpc) is 3.22. The molecule has 0 radical (unpaired) electrons. The van der Waals surface area contributed by atoms with Crippen molar-refractivity contribution in [2.45, 2.75) is 38.8 Å². The highest BCUT2D eigenvalue weighted by molar-refractivity contribution is 7.91. The minimum Gasteiger partial charge on any atom is -0.493 e. The molecular formula is C22H31N3O7S. The number of ether oxygens (including phenoxy) is 2. The van der Waals surface area contributed by atoms with Crippen LogP contribution in [-0.4, -0.2) is 80.9 Å². The first-order valence-corrected chi connectivity index (χ1v) is 12.6. The van der Waals surface area contributed by atoms with Crippen molar-refractivity contribution in [3.8, 4) is 11.5 Å². The van der Waals surface area contributed by atoms with E-state index in [0.29, 0.717) is 30.0 Å². The maximum atomic E-state index is 13.3. The summed E-state index contributed by atoms with van der Waals surface area (Å²) in [7, 11) is -0.239. The number of nitrogens with one attached hydrogen (secondary N) is 1. The predicted molar refractivity (Wildman–Crippen MR) is 121 cm³/mol. The van der Waals surface area contributed by atoms with Crippen LogP contribution in [0.25, 0.3) is 0 Å².